The molecule has 3 aromatic heterocycles. The molecule has 0 bridgehead atoms. The van der Waals surface area contributed by atoms with Crippen molar-refractivity contribution in [1.82, 2.24) is 15.0 Å². The van der Waals surface area contributed by atoms with Crippen LogP contribution in [0.1, 0.15) is 4.88 Å². The zero-order chi connectivity index (χ0) is 11.0. The summed E-state index contributed by atoms with van der Waals surface area (Å²) < 4.78 is 0. The molecule has 0 atom stereocenters. The van der Waals surface area contributed by atoms with E-state index in [1.807, 2.05) is 24.4 Å². The molecule has 0 radical (unpaired) electrons. The number of rotatable bonds is 1. The number of hydrogen-bond donors (Lipinski definition) is 0. The second-order valence-corrected chi connectivity index (χ2v) is 4.81. The molecule has 0 saturated carbocycles. The molecule has 5 heteroatoms. The summed E-state index contributed by atoms with van der Waals surface area (Å²) >= 11 is 1.70. The van der Waals surface area contributed by atoms with Crippen LogP contribution in [0.5, 0.6) is 0 Å². The number of aryl methyl sites for hydroxylation is 1. The van der Waals surface area contributed by atoms with Crippen molar-refractivity contribution in [3.8, 4) is 10.7 Å². The van der Waals surface area contributed by atoms with Crippen molar-refractivity contribution >= 4 is 34.8 Å². The largest absolute Gasteiger partial charge is 0.237 e. The smallest absolute Gasteiger partial charge is 0.171 e. The number of halogens is 1. The van der Waals surface area contributed by atoms with E-state index in [4.69, 9.17) is 0 Å². The summed E-state index contributed by atoms with van der Waals surface area (Å²) in [5, 5.41) is 0.972. The quantitative estimate of drug-likeness (QED) is 0.675. The molecule has 0 spiro atoms. The first-order valence-corrected chi connectivity index (χ1v) is 5.79. The van der Waals surface area contributed by atoms with Gasteiger partial charge in [-0.2, -0.15) is 0 Å². The van der Waals surface area contributed by atoms with Gasteiger partial charge in [0.2, 0.25) is 0 Å². The van der Waals surface area contributed by atoms with Crippen LogP contribution in [0.15, 0.2) is 36.7 Å². The molecule has 0 saturated heterocycles. The summed E-state index contributed by atoms with van der Waals surface area (Å²) in [6, 6.07) is 7.97. The molecule has 3 nitrogen and oxygen atoms in total. The molecule has 17 heavy (non-hydrogen) atoms. The molecule has 3 aromatic rings. The predicted molar refractivity (Wildman–Crippen MR) is 72.6 cm³/mol. The molecule has 0 N–H and O–H groups in total. The van der Waals surface area contributed by atoms with Crippen LogP contribution in [0.3, 0.4) is 0 Å². The normalized spacial score (nSPS) is 10.2. The van der Waals surface area contributed by atoms with Gasteiger partial charge in [-0.25, -0.2) is 15.0 Å². The van der Waals surface area contributed by atoms with Crippen LogP contribution in [0, 0.1) is 6.92 Å². The van der Waals surface area contributed by atoms with Crippen molar-refractivity contribution in [2.24, 2.45) is 0 Å². The van der Waals surface area contributed by atoms with Gasteiger partial charge >= 0.3 is 0 Å². The Kier molecular flexibility index (Phi) is 3.36. The van der Waals surface area contributed by atoms with Gasteiger partial charge in [-0.05, 0) is 31.2 Å². The van der Waals surface area contributed by atoms with Crippen molar-refractivity contribution in [3.63, 3.8) is 0 Å². The lowest BCUT2D eigenvalue weighted by molar-refractivity contribution is 1.20. The fourth-order valence-corrected chi connectivity index (χ4v) is 2.35. The van der Waals surface area contributed by atoms with E-state index in [1.165, 1.54) is 4.88 Å². The Balaban J connectivity index is 0.00000108. The van der Waals surface area contributed by atoms with Gasteiger partial charge in [0.1, 0.15) is 0 Å². The van der Waals surface area contributed by atoms with Crippen LogP contribution < -0.4 is 0 Å². The highest BCUT2D eigenvalue weighted by Gasteiger charge is 2.05. The van der Waals surface area contributed by atoms with Gasteiger partial charge < -0.3 is 0 Å². The highest BCUT2D eigenvalue weighted by atomic mass is 35.5. The minimum absolute atomic E-state index is 0. The Labute approximate surface area is 109 Å². The van der Waals surface area contributed by atoms with Crippen LogP contribution in [0.2, 0.25) is 0 Å². The number of aromatic nitrogens is 3. The molecule has 3 rings (SSSR count). The molecular formula is C12H10ClN3S. The van der Waals surface area contributed by atoms with Crippen LogP contribution in [0.4, 0.5) is 0 Å². The zero-order valence-electron chi connectivity index (χ0n) is 9.12. The highest BCUT2D eigenvalue weighted by Crippen LogP contribution is 2.25. The van der Waals surface area contributed by atoms with Crippen molar-refractivity contribution in [2.75, 3.05) is 0 Å². The third kappa shape index (κ3) is 2.28. The number of fused-ring (bicyclic) bond motifs is 1. The third-order valence-corrected chi connectivity index (χ3v) is 3.31. The van der Waals surface area contributed by atoms with E-state index in [0.29, 0.717) is 0 Å². The molecule has 0 aromatic carbocycles. The summed E-state index contributed by atoms with van der Waals surface area (Å²) in [5.74, 6) is 0.754. The summed E-state index contributed by atoms with van der Waals surface area (Å²) in [7, 11) is 0. The maximum Gasteiger partial charge on any atom is 0.171 e. The van der Waals surface area contributed by atoms with E-state index in [-0.39, 0.29) is 12.4 Å². The number of thiophene rings is 1. The molecule has 0 aliphatic heterocycles. The predicted octanol–water partition coefficient (Wildman–Crippen LogP) is 3.48. The van der Waals surface area contributed by atoms with Gasteiger partial charge in [0.15, 0.2) is 11.5 Å². The van der Waals surface area contributed by atoms with Gasteiger partial charge in [0.25, 0.3) is 0 Å². The summed E-state index contributed by atoms with van der Waals surface area (Å²) in [5.41, 5.74) is 0.749. The molecular weight excluding hydrogens is 254 g/mol. The molecule has 0 aliphatic rings. The first kappa shape index (κ1) is 12.0. The minimum atomic E-state index is 0. The molecule has 0 unspecified atom stereocenters. The average Bonchev–Trinajstić information content (AvgIpc) is 2.75. The Morgan fingerprint density at radius 3 is 2.76 bits per heavy atom. The number of nitrogens with zero attached hydrogens (tertiary/aromatic N) is 3. The molecule has 3 heterocycles. The summed E-state index contributed by atoms with van der Waals surface area (Å²) in [6.07, 6.45) is 3.57. The van der Waals surface area contributed by atoms with Gasteiger partial charge in [0, 0.05) is 22.7 Å². The van der Waals surface area contributed by atoms with Gasteiger partial charge in [-0.1, -0.05) is 0 Å². The second kappa shape index (κ2) is 4.77. The standard InChI is InChI=1S/C12H9N3S.ClH/c1-8-4-5-10(16-8)12-14-7-9-3-2-6-13-11(9)15-12;/h2-7H,1H3;1H. The van der Waals surface area contributed by atoms with Crippen LogP contribution >= 0.6 is 23.7 Å². The van der Waals surface area contributed by atoms with Crippen LogP contribution in [0.25, 0.3) is 21.7 Å². The molecule has 0 fully saturated rings. The average molecular weight is 264 g/mol. The van der Waals surface area contributed by atoms with Crippen LogP contribution in [-0.2, 0) is 0 Å². The molecule has 0 aliphatic carbocycles. The third-order valence-electron chi connectivity index (χ3n) is 2.32. The minimum Gasteiger partial charge on any atom is -0.237 e. The number of hydrogen-bond acceptors (Lipinski definition) is 4. The lowest BCUT2D eigenvalue weighted by Gasteiger charge is -1.98. The Morgan fingerprint density at radius 1 is 1.12 bits per heavy atom. The van der Waals surface area contributed by atoms with Gasteiger partial charge in [0.05, 0.1) is 4.88 Å². The fraction of sp³-hybridized carbons (Fsp3) is 0.0833. The van der Waals surface area contributed by atoms with E-state index in [1.54, 1.807) is 17.5 Å². The molecule has 0 amide bonds. The summed E-state index contributed by atoms with van der Waals surface area (Å²) in [4.78, 5) is 15.4. The molecule has 86 valence electrons. The topological polar surface area (TPSA) is 38.7 Å². The Bertz CT molecular complexity index is 651. The monoisotopic (exact) mass is 263 g/mol. The van der Waals surface area contributed by atoms with Crippen molar-refractivity contribution in [2.45, 2.75) is 6.92 Å². The second-order valence-electron chi connectivity index (χ2n) is 3.52. The van der Waals surface area contributed by atoms with Gasteiger partial charge in [-0.15, -0.1) is 23.7 Å². The maximum atomic E-state index is 4.45. The Morgan fingerprint density at radius 2 is 2.00 bits per heavy atom. The lowest BCUT2D eigenvalue weighted by atomic mass is 10.3. The van der Waals surface area contributed by atoms with E-state index >= 15 is 0 Å². The lowest BCUT2D eigenvalue weighted by Crippen LogP contribution is -1.89. The van der Waals surface area contributed by atoms with Gasteiger partial charge in [-0.3, -0.25) is 0 Å². The van der Waals surface area contributed by atoms with E-state index in [2.05, 4.69) is 27.9 Å². The van der Waals surface area contributed by atoms with E-state index < -0.39 is 0 Å². The zero-order valence-corrected chi connectivity index (χ0v) is 10.8. The van der Waals surface area contributed by atoms with E-state index in [0.717, 1.165) is 21.7 Å². The summed E-state index contributed by atoms with van der Waals surface area (Å²) in [6.45, 7) is 2.08. The van der Waals surface area contributed by atoms with Crippen molar-refractivity contribution in [1.29, 1.82) is 0 Å². The van der Waals surface area contributed by atoms with Crippen molar-refractivity contribution < 1.29 is 0 Å². The SMILES string of the molecule is Cc1ccc(-c2ncc3cccnc3n2)s1.Cl. The van der Waals surface area contributed by atoms with Crippen molar-refractivity contribution in [3.05, 3.63) is 41.5 Å². The number of pyridine rings is 1. The Hall–Kier alpha value is -1.52. The maximum absolute atomic E-state index is 4.45. The first-order valence-electron chi connectivity index (χ1n) is 4.97. The van der Waals surface area contributed by atoms with E-state index in [9.17, 15) is 0 Å². The first-order chi connectivity index (χ1) is 7.83. The highest BCUT2D eigenvalue weighted by molar-refractivity contribution is 7.15. The van der Waals surface area contributed by atoms with Crippen LogP contribution in [-0.4, -0.2) is 15.0 Å². The fourth-order valence-electron chi connectivity index (χ4n) is 1.54.